The molecule has 0 aromatic heterocycles. The van der Waals surface area contributed by atoms with E-state index in [1.807, 2.05) is 69.2 Å². The molecular weight excluding hydrogens is 960 g/mol. The summed E-state index contributed by atoms with van der Waals surface area (Å²) >= 11 is 18.1. The SMILES string of the molecule is [3H]C1CC(O)C(COP(=S)(OC2CC([3H])OC2COP(=S)(OC2CC([3H])OC2COP(=S)(OC2CC([3H])OC2CC)OC(CC#N)C(C)(C)C)OC(CC#N)C(C)(C)C)OC(CC#N)C(C)(C)C)O1. The van der Waals surface area contributed by atoms with Crippen LogP contribution < -0.4 is 0 Å². The van der Waals surface area contributed by atoms with Crippen LogP contribution >= 0.6 is 20.2 Å². The van der Waals surface area contributed by atoms with Crippen molar-refractivity contribution in [3.8, 4) is 18.2 Å². The molecule has 23 heteroatoms. The van der Waals surface area contributed by atoms with Crippen LogP contribution in [0.15, 0.2) is 0 Å². The van der Waals surface area contributed by atoms with Gasteiger partial charge in [-0.1, -0.05) is 69.2 Å². The quantitative estimate of drug-likeness (QED) is 0.0846. The van der Waals surface area contributed by atoms with Crippen LogP contribution in [0.4, 0.5) is 0 Å². The van der Waals surface area contributed by atoms with E-state index in [1.165, 1.54) is 0 Å². The lowest BCUT2D eigenvalue weighted by Crippen LogP contribution is -2.35. The molecule has 4 aliphatic heterocycles. The standard InChI is InChI=1S/C42H72N3O14P3S3/c1-11-30-31(16-23-47-30)54-61(64,58-38(13-20-44)41(5,6)7)52-27-35-33(18-25-49-35)56-62(65,59-39(14-21-45)42(8,9)10)53-28-36-32(17-24-50-36)55-60(63,51-26-34-29(46)15-22-48-34)57-37(12-19-43)40(2,3)4/h29-39,46H,11-18,22-28H2,1-10H3/i22T,23T,24T,25T. The first kappa shape index (κ1) is 51.2. The normalized spacial score (nSPS) is 36.1. The third-order valence-electron chi connectivity index (χ3n) is 11.0. The van der Waals surface area contributed by atoms with Gasteiger partial charge in [0.25, 0.3) is 0 Å². The van der Waals surface area contributed by atoms with E-state index in [1.54, 1.807) is 0 Å². The second-order valence-electron chi connectivity index (χ2n) is 19.4. The summed E-state index contributed by atoms with van der Waals surface area (Å²) in [6, 6.07) is 6.43. The van der Waals surface area contributed by atoms with E-state index in [2.05, 4.69) is 18.2 Å². The maximum absolute atomic E-state index is 10.5. The van der Waals surface area contributed by atoms with Gasteiger partial charge in [-0.2, -0.15) is 15.8 Å². The fourth-order valence-corrected chi connectivity index (χ4v) is 14.4. The lowest BCUT2D eigenvalue weighted by atomic mass is 9.88. The summed E-state index contributed by atoms with van der Waals surface area (Å²) in [4.78, 5) is 0. The van der Waals surface area contributed by atoms with E-state index >= 15 is 0 Å². The molecule has 18 unspecified atom stereocenters. The fraction of sp³-hybridized carbons (Fsp3) is 0.929. The molecule has 4 heterocycles. The molecule has 4 rings (SSSR count). The summed E-state index contributed by atoms with van der Waals surface area (Å²) < 4.78 is 114. The molecule has 0 bridgehead atoms. The van der Waals surface area contributed by atoms with Crippen molar-refractivity contribution in [3.63, 3.8) is 0 Å². The van der Waals surface area contributed by atoms with Gasteiger partial charge in [0.15, 0.2) is 0 Å². The molecule has 1 N–H and O–H groups in total. The number of ether oxygens (including phenoxy) is 4. The van der Waals surface area contributed by atoms with Crippen molar-refractivity contribution in [3.05, 3.63) is 0 Å². The molecule has 0 amide bonds. The van der Waals surface area contributed by atoms with Gasteiger partial charge >= 0.3 is 20.2 Å². The molecule has 0 aromatic rings. The predicted molar refractivity (Wildman–Crippen MR) is 253 cm³/mol. The van der Waals surface area contributed by atoms with E-state index in [0.717, 1.165) is 0 Å². The van der Waals surface area contributed by atoms with Crippen molar-refractivity contribution in [1.82, 2.24) is 0 Å². The van der Waals surface area contributed by atoms with Crippen LogP contribution in [0.2, 0.25) is 0 Å². The third kappa shape index (κ3) is 17.9. The highest BCUT2D eigenvalue weighted by atomic mass is 32.5. The lowest BCUT2D eigenvalue weighted by Gasteiger charge is -2.37. The maximum atomic E-state index is 10.5. The summed E-state index contributed by atoms with van der Waals surface area (Å²) in [6.45, 7) is 2.29. The van der Waals surface area contributed by atoms with Gasteiger partial charge in [0.05, 0.1) is 112 Å². The highest BCUT2D eigenvalue weighted by Crippen LogP contribution is 2.59. The predicted octanol–water partition coefficient (Wildman–Crippen LogP) is 8.83. The zero-order chi connectivity index (χ0) is 51.8. The molecular formula is C42H72N3O14P3S3. The van der Waals surface area contributed by atoms with Crippen molar-refractivity contribution >= 4 is 55.6 Å². The minimum atomic E-state index is -3.98. The Hall–Kier alpha value is -0.140. The van der Waals surface area contributed by atoms with Crippen molar-refractivity contribution in [2.45, 2.75) is 188 Å². The molecule has 0 radical (unpaired) electrons. The zero-order valence-electron chi connectivity index (χ0n) is 43.1. The second-order valence-corrected chi connectivity index (χ2v) is 28.2. The van der Waals surface area contributed by atoms with Crippen molar-refractivity contribution in [1.29, 1.82) is 15.8 Å². The summed E-state index contributed by atoms with van der Waals surface area (Å²) in [5, 5.41) is 39.8. The van der Waals surface area contributed by atoms with Gasteiger partial charge in [-0.3, -0.25) is 0 Å². The minimum absolute atomic E-state index is 0.00774. The number of rotatable bonds is 25. The Morgan fingerprint density at radius 2 is 0.846 bits per heavy atom. The molecule has 0 aromatic carbocycles. The Labute approximate surface area is 408 Å². The third-order valence-corrected chi connectivity index (χ3v) is 18.0. The molecule has 0 saturated carbocycles. The molecule has 17 nitrogen and oxygen atoms in total. The van der Waals surface area contributed by atoms with Crippen LogP contribution in [-0.2, 0) is 95.1 Å². The fourth-order valence-electron chi connectivity index (χ4n) is 6.67. The molecule has 0 aliphatic carbocycles. The number of nitrogens with zero attached hydrogens (tertiary/aromatic N) is 3. The lowest BCUT2D eigenvalue weighted by molar-refractivity contribution is -0.0364. The Balaban J connectivity index is 1.62. The Kier molecular flexibility index (Phi) is 19.9. The number of hydrogen-bond acceptors (Lipinski definition) is 20. The van der Waals surface area contributed by atoms with E-state index in [-0.39, 0.29) is 64.8 Å². The van der Waals surface area contributed by atoms with E-state index in [0.29, 0.717) is 6.42 Å². The first-order valence-corrected chi connectivity index (χ1v) is 29.5. The topological polar surface area (TPSA) is 212 Å². The average Bonchev–Trinajstić information content (AvgIpc) is 3.97. The van der Waals surface area contributed by atoms with Crippen molar-refractivity contribution < 1.29 is 70.3 Å². The van der Waals surface area contributed by atoms with Gasteiger partial charge in [0, 0.05) is 45.6 Å². The monoisotopic (exact) mass is 1040 g/mol. The van der Waals surface area contributed by atoms with Crippen LogP contribution in [0.3, 0.4) is 0 Å². The number of aliphatic hydroxyl groups excluding tert-OH is 1. The molecule has 65 heavy (non-hydrogen) atoms. The van der Waals surface area contributed by atoms with Crippen LogP contribution in [0.1, 0.15) is 126 Å². The Morgan fingerprint density at radius 1 is 0.554 bits per heavy atom. The van der Waals surface area contributed by atoms with E-state index in [4.69, 9.17) is 101 Å². The van der Waals surface area contributed by atoms with Crippen molar-refractivity contribution in [2.75, 3.05) is 46.2 Å². The Bertz CT molecular complexity index is 1960. The summed E-state index contributed by atoms with van der Waals surface area (Å²) in [7, 11) is 0. The van der Waals surface area contributed by atoms with Gasteiger partial charge in [-0.15, -0.1) is 0 Å². The molecule has 4 fully saturated rings. The number of hydrogen-bond donors (Lipinski definition) is 1. The van der Waals surface area contributed by atoms with Gasteiger partial charge in [0.2, 0.25) is 0 Å². The summed E-state index contributed by atoms with van der Waals surface area (Å²) in [5.41, 5.74) is -1.78. The molecule has 0 spiro atoms. The molecule has 18 atom stereocenters. The maximum Gasteiger partial charge on any atom is 0.327 e. The van der Waals surface area contributed by atoms with Crippen LogP contribution in [0.5, 0.6) is 0 Å². The smallest absolute Gasteiger partial charge is 0.327 e. The van der Waals surface area contributed by atoms with Gasteiger partial charge in [-0.05, 0) is 64.5 Å². The number of aliphatic hydroxyl groups is 1. The second kappa shape index (κ2) is 25.3. The van der Waals surface area contributed by atoms with Crippen molar-refractivity contribution in [2.24, 2.45) is 16.2 Å². The molecule has 372 valence electrons. The van der Waals surface area contributed by atoms with Crippen LogP contribution in [0, 0.1) is 50.2 Å². The average molecular weight is 1040 g/mol. The van der Waals surface area contributed by atoms with E-state index < -0.39 is 130 Å². The zero-order valence-corrected chi connectivity index (χ0v) is 44.2. The highest BCUT2D eigenvalue weighted by molar-refractivity contribution is 8.08. The number of nitriles is 3. The van der Waals surface area contributed by atoms with E-state index in [9.17, 15) is 20.9 Å². The van der Waals surface area contributed by atoms with Crippen LogP contribution in [-0.4, -0.2) is 118 Å². The Morgan fingerprint density at radius 3 is 1.14 bits per heavy atom. The largest absolute Gasteiger partial charge is 0.390 e. The summed E-state index contributed by atoms with van der Waals surface area (Å²) in [6.07, 6.45) is -8.57. The van der Waals surface area contributed by atoms with Gasteiger partial charge < -0.3 is 64.8 Å². The van der Waals surface area contributed by atoms with Gasteiger partial charge in [0.1, 0.15) is 18.3 Å². The first-order chi connectivity index (χ1) is 31.9. The molecule has 4 aliphatic rings. The summed E-state index contributed by atoms with van der Waals surface area (Å²) in [5.74, 6) is 0. The minimum Gasteiger partial charge on any atom is -0.390 e. The molecule has 4 saturated heterocycles. The van der Waals surface area contributed by atoms with Crippen LogP contribution in [0.25, 0.3) is 0 Å². The highest BCUT2D eigenvalue weighted by Gasteiger charge is 2.45. The van der Waals surface area contributed by atoms with Gasteiger partial charge in [-0.25, -0.2) is 0 Å². The first-order valence-electron chi connectivity index (χ1n) is 24.2.